The number of nitrogens with one attached hydrogen (secondary N) is 3. The van der Waals surface area contributed by atoms with Crippen molar-refractivity contribution in [3.63, 3.8) is 0 Å². The van der Waals surface area contributed by atoms with Gasteiger partial charge in [-0.1, -0.05) is 78.9 Å². The van der Waals surface area contributed by atoms with Crippen LogP contribution in [-0.2, 0) is 0 Å². The normalized spacial score (nSPS) is 12.4. The van der Waals surface area contributed by atoms with Crippen LogP contribution in [0.25, 0.3) is 53.5 Å². The van der Waals surface area contributed by atoms with Gasteiger partial charge in [-0.05, 0) is 70.2 Å². The number of fused-ring (bicyclic) bond motifs is 5. The van der Waals surface area contributed by atoms with Gasteiger partial charge in [-0.3, -0.25) is 14.9 Å². The number of nitrogens with zero attached hydrogens (tertiary/aromatic N) is 5. The van der Waals surface area contributed by atoms with E-state index in [9.17, 15) is 14.4 Å². The summed E-state index contributed by atoms with van der Waals surface area (Å²) in [6, 6.07) is 34.4. The zero-order valence-corrected chi connectivity index (χ0v) is 30.3. The Bertz CT molecular complexity index is 3190. The minimum Gasteiger partial charge on any atom is -0.424 e. The quantitative estimate of drug-likeness (QED) is 0.149. The van der Waals surface area contributed by atoms with Crippen LogP contribution in [0, 0.1) is 0 Å². The third kappa shape index (κ3) is 5.04. The van der Waals surface area contributed by atoms with Gasteiger partial charge in [0.1, 0.15) is 5.75 Å². The maximum Gasteiger partial charge on any atom is 0.328 e. The second kappa shape index (κ2) is 12.3. The predicted molar refractivity (Wildman–Crippen MR) is 217 cm³/mol. The first-order valence-corrected chi connectivity index (χ1v) is 18.9. The summed E-state index contributed by atoms with van der Waals surface area (Å²) in [5.74, 6) is -0.0677. The molecule has 11 rings (SSSR count). The molecular formula is C42H22N8O4S2. The molecule has 3 heterocycles. The van der Waals surface area contributed by atoms with Crippen molar-refractivity contribution in [2.45, 2.75) is 0 Å². The van der Waals surface area contributed by atoms with Crippen molar-refractivity contribution in [2.24, 2.45) is 0 Å². The third-order valence-corrected chi connectivity index (χ3v) is 11.5. The molecule has 2 aliphatic carbocycles. The van der Waals surface area contributed by atoms with Gasteiger partial charge in [0, 0.05) is 33.0 Å². The van der Waals surface area contributed by atoms with Crippen LogP contribution in [0.3, 0.4) is 0 Å². The number of anilines is 4. The van der Waals surface area contributed by atoms with E-state index in [1.807, 2.05) is 78.9 Å². The van der Waals surface area contributed by atoms with Crippen LogP contribution in [0.4, 0.5) is 28.1 Å². The Labute approximate surface area is 324 Å². The smallest absolute Gasteiger partial charge is 0.328 e. The molecule has 266 valence electrons. The lowest BCUT2D eigenvalue weighted by atomic mass is 9.86. The van der Waals surface area contributed by atoms with Gasteiger partial charge in [-0.15, -0.1) is 0 Å². The average molecular weight is 767 g/mol. The van der Waals surface area contributed by atoms with Gasteiger partial charge in [0.05, 0.1) is 43.3 Å². The van der Waals surface area contributed by atoms with E-state index in [0.717, 1.165) is 36.6 Å². The highest BCUT2D eigenvalue weighted by molar-refractivity contribution is 7.14. The molecule has 0 aliphatic heterocycles. The summed E-state index contributed by atoms with van der Waals surface area (Å²) in [5.41, 5.74) is 5.34. The summed E-state index contributed by atoms with van der Waals surface area (Å²) in [4.78, 5) is 55.0. The molecule has 0 saturated carbocycles. The molecule has 0 saturated heterocycles. The van der Waals surface area contributed by atoms with Gasteiger partial charge in [0.2, 0.25) is 11.9 Å². The Morgan fingerprint density at radius 1 is 0.554 bits per heavy atom. The molecule has 0 atom stereocenters. The molecule has 2 amide bonds. The summed E-state index contributed by atoms with van der Waals surface area (Å²) in [7, 11) is 0. The van der Waals surface area contributed by atoms with E-state index >= 15 is 0 Å². The number of carbonyl (C=O) groups excluding carboxylic acids is 3. The van der Waals surface area contributed by atoms with Crippen molar-refractivity contribution in [1.82, 2.24) is 23.7 Å². The SMILES string of the molecule is O=C(Nc1nc(Nc2cccc3c2C(=O)c2cccc4snc-3c24)nc(Oc2ccc3ccccc3c2)n1)Nc1cccc2c1C(=O)c1cccc3snc-2c13. The first kappa shape index (κ1) is 32.0. The first-order chi connectivity index (χ1) is 27.5. The molecule has 0 fully saturated rings. The van der Waals surface area contributed by atoms with Gasteiger partial charge in [-0.2, -0.15) is 23.7 Å². The predicted octanol–water partition coefficient (Wildman–Crippen LogP) is 9.85. The van der Waals surface area contributed by atoms with E-state index in [0.29, 0.717) is 56.2 Å². The monoisotopic (exact) mass is 766 g/mol. The first-order valence-electron chi connectivity index (χ1n) is 17.4. The number of ether oxygens (including phenoxy) is 1. The van der Waals surface area contributed by atoms with Crippen molar-refractivity contribution >= 4 is 94.9 Å². The molecule has 6 aromatic carbocycles. The number of hydrogen-bond donors (Lipinski definition) is 3. The second-order valence-corrected chi connectivity index (χ2v) is 14.7. The highest BCUT2D eigenvalue weighted by atomic mass is 32.1. The van der Waals surface area contributed by atoms with Gasteiger partial charge < -0.3 is 15.4 Å². The lowest BCUT2D eigenvalue weighted by Gasteiger charge is -2.19. The molecule has 0 radical (unpaired) electrons. The van der Waals surface area contributed by atoms with Crippen LogP contribution >= 0.6 is 23.1 Å². The van der Waals surface area contributed by atoms with Gasteiger partial charge in [0.15, 0.2) is 11.6 Å². The zero-order valence-electron chi connectivity index (χ0n) is 28.7. The van der Waals surface area contributed by atoms with Crippen LogP contribution in [0.5, 0.6) is 11.8 Å². The number of ketones is 2. The number of carbonyl (C=O) groups is 3. The van der Waals surface area contributed by atoms with Gasteiger partial charge in [-0.25, -0.2) is 4.79 Å². The van der Waals surface area contributed by atoms with Crippen molar-refractivity contribution in [1.29, 1.82) is 0 Å². The molecule has 9 aromatic rings. The number of benzene rings is 6. The van der Waals surface area contributed by atoms with E-state index in [-0.39, 0.29) is 29.5 Å². The van der Waals surface area contributed by atoms with Crippen LogP contribution in [-0.4, -0.2) is 41.3 Å². The molecule has 3 N–H and O–H groups in total. The van der Waals surface area contributed by atoms with Crippen LogP contribution in [0.1, 0.15) is 31.8 Å². The fourth-order valence-electron chi connectivity index (χ4n) is 7.42. The van der Waals surface area contributed by atoms with Crippen molar-refractivity contribution in [3.8, 4) is 34.3 Å². The molecule has 0 unspecified atom stereocenters. The van der Waals surface area contributed by atoms with E-state index in [1.165, 1.54) is 23.1 Å². The minimum atomic E-state index is -0.710. The van der Waals surface area contributed by atoms with Gasteiger partial charge >= 0.3 is 12.0 Å². The standard InChI is InChI=1S/C42H22N8O4S2/c51-37-25-11-5-15-29-33(25)35(49-55-29)23-9-3-13-27(31(23)37)43-39-45-40(48-42(47-39)54-22-18-17-20-7-1-2-8-21(20)19-22)46-41(53)44-28-14-4-10-24-32(28)38(52)26-12-6-16-30-34(26)36(24)50-56-30/h1-19H,(H3,43,44,45,46,47,48,53). The van der Waals surface area contributed by atoms with Crippen molar-refractivity contribution < 1.29 is 19.1 Å². The number of urea groups is 1. The van der Waals surface area contributed by atoms with Crippen molar-refractivity contribution in [2.75, 3.05) is 16.0 Å². The Morgan fingerprint density at radius 2 is 1.14 bits per heavy atom. The molecule has 14 heteroatoms. The molecule has 0 bridgehead atoms. The van der Waals surface area contributed by atoms with Gasteiger partial charge in [0.25, 0.3) is 0 Å². The largest absolute Gasteiger partial charge is 0.424 e. The minimum absolute atomic E-state index is 0.00555. The summed E-state index contributed by atoms with van der Waals surface area (Å²) in [6.07, 6.45) is 0. The summed E-state index contributed by atoms with van der Waals surface area (Å²) in [5, 5.41) is 12.3. The summed E-state index contributed by atoms with van der Waals surface area (Å²) in [6.45, 7) is 0. The van der Waals surface area contributed by atoms with E-state index in [4.69, 9.17) is 4.74 Å². The average Bonchev–Trinajstić information content (AvgIpc) is 3.85. The Kier molecular flexibility index (Phi) is 7.04. The fraction of sp³-hybridized carbons (Fsp3) is 0. The lowest BCUT2D eigenvalue weighted by molar-refractivity contribution is 0.103. The zero-order chi connectivity index (χ0) is 37.5. The highest BCUT2D eigenvalue weighted by Gasteiger charge is 2.32. The number of aromatic nitrogens is 5. The lowest BCUT2D eigenvalue weighted by Crippen LogP contribution is -2.23. The van der Waals surface area contributed by atoms with Crippen LogP contribution < -0.4 is 20.7 Å². The molecule has 0 spiro atoms. The summed E-state index contributed by atoms with van der Waals surface area (Å²) >= 11 is 2.67. The second-order valence-electron chi connectivity index (χ2n) is 13.1. The number of amides is 2. The highest BCUT2D eigenvalue weighted by Crippen LogP contribution is 2.44. The maximum absolute atomic E-state index is 14.0. The number of hydrogen-bond acceptors (Lipinski definition) is 12. The molecule has 12 nitrogen and oxygen atoms in total. The Balaban J connectivity index is 0.951. The van der Waals surface area contributed by atoms with E-state index in [1.54, 1.807) is 36.4 Å². The molecular weight excluding hydrogens is 745 g/mol. The van der Waals surface area contributed by atoms with Crippen LogP contribution in [0.15, 0.2) is 115 Å². The summed E-state index contributed by atoms with van der Waals surface area (Å²) < 4.78 is 17.3. The van der Waals surface area contributed by atoms with E-state index in [2.05, 4.69) is 39.6 Å². The van der Waals surface area contributed by atoms with E-state index < -0.39 is 6.03 Å². The topological polar surface area (TPSA) is 161 Å². The third-order valence-electron chi connectivity index (χ3n) is 9.84. The maximum atomic E-state index is 14.0. The van der Waals surface area contributed by atoms with Crippen molar-refractivity contribution in [3.05, 3.63) is 138 Å². The number of rotatable bonds is 6. The Hall–Kier alpha value is -7.42. The molecule has 56 heavy (non-hydrogen) atoms. The molecule has 2 aliphatic rings. The van der Waals surface area contributed by atoms with Crippen LogP contribution in [0.2, 0.25) is 0 Å². The Morgan fingerprint density at radius 3 is 1.84 bits per heavy atom. The fourth-order valence-corrected chi connectivity index (χ4v) is 9.06. The molecule has 3 aromatic heterocycles.